The zero-order valence-electron chi connectivity index (χ0n) is 12.2. The first-order valence-corrected chi connectivity index (χ1v) is 6.49. The van der Waals surface area contributed by atoms with Gasteiger partial charge < -0.3 is 4.74 Å². The molecule has 104 valence electrons. The number of ether oxygens (including phenoxy) is 1. The van der Waals surface area contributed by atoms with Crippen molar-refractivity contribution >= 4 is 5.97 Å². The highest BCUT2D eigenvalue weighted by Gasteiger charge is 2.19. The van der Waals surface area contributed by atoms with Gasteiger partial charge in [0.25, 0.3) is 0 Å². The molecule has 4 nitrogen and oxygen atoms in total. The van der Waals surface area contributed by atoms with E-state index < -0.39 is 11.6 Å². The molecule has 4 heteroatoms. The third kappa shape index (κ3) is 3.63. The number of rotatable bonds is 2. The summed E-state index contributed by atoms with van der Waals surface area (Å²) in [5.41, 5.74) is 2.08. The van der Waals surface area contributed by atoms with E-state index in [1.807, 2.05) is 52.0 Å². The van der Waals surface area contributed by atoms with Crippen LogP contribution in [-0.4, -0.2) is 21.5 Å². The zero-order chi connectivity index (χ0) is 14.8. The van der Waals surface area contributed by atoms with Crippen LogP contribution >= 0.6 is 0 Å². The molecule has 0 saturated carbocycles. The molecule has 0 spiro atoms. The molecule has 2 heterocycles. The van der Waals surface area contributed by atoms with E-state index in [4.69, 9.17) is 4.74 Å². The van der Waals surface area contributed by atoms with Crippen molar-refractivity contribution in [2.24, 2.45) is 0 Å². The molecule has 0 N–H and O–H groups in total. The van der Waals surface area contributed by atoms with Crippen molar-refractivity contribution in [2.45, 2.75) is 33.3 Å². The lowest BCUT2D eigenvalue weighted by molar-refractivity contribution is 0.00630. The Morgan fingerprint density at radius 3 is 2.20 bits per heavy atom. The highest BCUT2D eigenvalue weighted by molar-refractivity contribution is 5.88. The second kappa shape index (κ2) is 5.41. The summed E-state index contributed by atoms with van der Waals surface area (Å²) in [5, 5.41) is 0. The number of hydrogen-bond acceptors (Lipinski definition) is 4. The minimum atomic E-state index is -0.531. The molecule has 0 aliphatic carbocycles. The number of aryl methyl sites for hydroxylation is 1. The van der Waals surface area contributed by atoms with Crippen molar-refractivity contribution in [1.82, 2.24) is 9.97 Å². The molecule has 0 aliphatic rings. The SMILES string of the molecule is Cc1cccc(-c2cccc(C(=O)OC(C)(C)C)n2)n1. The highest BCUT2D eigenvalue weighted by Crippen LogP contribution is 2.17. The fourth-order valence-corrected chi connectivity index (χ4v) is 1.71. The third-order valence-corrected chi connectivity index (χ3v) is 2.51. The van der Waals surface area contributed by atoms with Crippen LogP contribution < -0.4 is 0 Å². The van der Waals surface area contributed by atoms with E-state index in [2.05, 4.69) is 9.97 Å². The first-order chi connectivity index (χ1) is 9.35. The average Bonchev–Trinajstić information content (AvgIpc) is 2.37. The predicted molar refractivity (Wildman–Crippen MR) is 77.4 cm³/mol. The normalized spacial score (nSPS) is 11.2. The lowest BCUT2D eigenvalue weighted by atomic mass is 10.2. The van der Waals surface area contributed by atoms with Gasteiger partial charge in [-0.2, -0.15) is 0 Å². The van der Waals surface area contributed by atoms with Gasteiger partial charge in [-0.15, -0.1) is 0 Å². The van der Waals surface area contributed by atoms with Gasteiger partial charge in [0.05, 0.1) is 11.4 Å². The number of aromatic nitrogens is 2. The Morgan fingerprint density at radius 2 is 1.60 bits per heavy atom. The first-order valence-electron chi connectivity index (χ1n) is 6.49. The van der Waals surface area contributed by atoms with Crippen molar-refractivity contribution in [3.63, 3.8) is 0 Å². The number of hydrogen-bond donors (Lipinski definition) is 0. The summed E-state index contributed by atoms with van der Waals surface area (Å²) < 4.78 is 5.32. The number of nitrogens with zero attached hydrogens (tertiary/aromatic N) is 2. The molecule has 2 rings (SSSR count). The van der Waals surface area contributed by atoms with Crippen molar-refractivity contribution in [2.75, 3.05) is 0 Å². The Morgan fingerprint density at radius 1 is 1.00 bits per heavy atom. The molecular formula is C16H18N2O2. The minimum Gasteiger partial charge on any atom is -0.455 e. The van der Waals surface area contributed by atoms with Crippen LogP contribution in [0.4, 0.5) is 0 Å². The van der Waals surface area contributed by atoms with Crippen LogP contribution in [0.15, 0.2) is 36.4 Å². The maximum atomic E-state index is 12.0. The molecule has 0 radical (unpaired) electrons. The summed E-state index contributed by atoms with van der Waals surface area (Å²) in [7, 11) is 0. The van der Waals surface area contributed by atoms with Crippen molar-refractivity contribution < 1.29 is 9.53 Å². The van der Waals surface area contributed by atoms with Crippen molar-refractivity contribution in [1.29, 1.82) is 0 Å². The standard InChI is InChI=1S/C16H18N2O2/c1-11-7-5-8-12(17-11)13-9-6-10-14(18-13)15(19)20-16(2,3)4/h5-10H,1-4H3. The van der Waals surface area contributed by atoms with Crippen molar-refractivity contribution in [3.8, 4) is 11.4 Å². The largest absolute Gasteiger partial charge is 0.455 e. The second-order valence-corrected chi connectivity index (χ2v) is 5.57. The summed E-state index contributed by atoms with van der Waals surface area (Å²) in [6.07, 6.45) is 0. The fourth-order valence-electron chi connectivity index (χ4n) is 1.71. The first kappa shape index (κ1) is 14.2. The molecule has 0 unspecified atom stereocenters. The molecule has 2 aromatic rings. The van der Waals surface area contributed by atoms with Gasteiger partial charge in [0.15, 0.2) is 0 Å². The highest BCUT2D eigenvalue weighted by atomic mass is 16.6. The van der Waals surface area contributed by atoms with E-state index in [0.29, 0.717) is 11.4 Å². The van der Waals surface area contributed by atoms with Gasteiger partial charge in [-0.3, -0.25) is 4.98 Å². The Labute approximate surface area is 118 Å². The van der Waals surface area contributed by atoms with E-state index in [1.165, 1.54) is 0 Å². The smallest absolute Gasteiger partial charge is 0.357 e. The van der Waals surface area contributed by atoms with Crippen LogP contribution in [0.3, 0.4) is 0 Å². The summed E-state index contributed by atoms with van der Waals surface area (Å²) in [6, 6.07) is 11.0. The van der Waals surface area contributed by atoms with Crippen LogP contribution in [0.1, 0.15) is 37.0 Å². The van der Waals surface area contributed by atoms with Gasteiger partial charge in [0, 0.05) is 5.69 Å². The molecule has 0 saturated heterocycles. The number of esters is 1. The van der Waals surface area contributed by atoms with Crippen LogP contribution in [0, 0.1) is 6.92 Å². The fraction of sp³-hybridized carbons (Fsp3) is 0.312. The van der Waals surface area contributed by atoms with Gasteiger partial charge in [-0.1, -0.05) is 12.1 Å². The van der Waals surface area contributed by atoms with Crippen LogP contribution in [0.2, 0.25) is 0 Å². The van der Waals surface area contributed by atoms with E-state index in [-0.39, 0.29) is 0 Å². The van der Waals surface area contributed by atoms with Gasteiger partial charge in [0.1, 0.15) is 11.3 Å². The van der Waals surface area contributed by atoms with Crippen molar-refractivity contribution in [3.05, 3.63) is 47.8 Å². The summed E-state index contributed by atoms with van der Waals surface area (Å²) in [6.45, 7) is 7.41. The van der Waals surface area contributed by atoms with Crippen LogP contribution in [0.25, 0.3) is 11.4 Å². The lowest BCUT2D eigenvalue weighted by Crippen LogP contribution is -2.24. The Balaban J connectivity index is 2.31. The predicted octanol–water partition coefficient (Wildman–Crippen LogP) is 3.41. The maximum Gasteiger partial charge on any atom is 0.357 e. The molecular weight excluding hydrogens is 252 g/mol. The monoisotopic (exact) mass is 270 g/mol. The molecule has 0 amide bonds. The molecule has 0 fully saturated rings. The summed E-state index contributed by atoms with van der Waals surface area (Å²) in [5.74, 6) is -0.424. The van der Waals surface area contributed by atoms with E-state index in [1.54, 1.807) is 12.1 Å². The van der Waals surface area contributed by atoms with E-state index in [0.717, 1.165) is 11.4 Å². The van der Waals surface area contributed by atoms with Gasteiger partial charge >= 0.3 is 5.97 Å². The quantitative estimate of drug-likeness (QED) is 0.785. The summed E-state index contributed by atoms with van der Waals surface area (Å²) >= 11 is 0. The number of carbonyl (C=O) groups excluding carboxylic acids is 1. The Kier molecular flexibility index (Phi) is 3.84. The van der Waals surface area contributed by atoms with Crippen LogP contribution in [-0.2, 0) is 4.74 Å². The van der Waals surface area contributed by atoms with E-state index in [9.17, 15) is 4.79 Å². The molecule has 0 aliphatic heterocycles. The average molecular weight is 270 g/mol. The molecule has 20 heavy (non-hydrogen) atoms. The Bertz CT molecular complexity index is 630. The molecule has 2 aromatic heterocycles. The van der Waals surface area contributed by atoms with Gasteiger partial charge in [-0.25, -0.2) is 9.78 Å². The Hall–Kier alpha value is -2.23. The van der Waals surface area contributed by atoms with Crippen LogP contribution in [0.5, 0.6) is 0 Å². The minimum absolute atomic E-state index is 0.292. The molecule has 0 aromatic carbocycles. The summed E-state index contributed by atoms with van der Waals surface area (Å²) in [4.78, 5) is 20.7. The van der Waals surface area contributed by atoms with Gasteiger partial charge in [-0.05, 0) is 52.0 Å². The molecule has 0 bridgehead atoms. The second-order valence-electron chi connectivity index (χ2n) is 5.57. The number of pyridine rings is 2. The molecule has 0 atom stereocenters. The topological polar surface area (TPSA) is 52.1 Å². The maximum absolute atomic E-state index is 12.0. The zero-order valence-corrected chi connectivity index (χ0v) is 12.2. The van der Waals surface area contributed by atoms with Gasteiger partial charge in [0.2, 0.25) is 0 Å². The third-order valence-electron chi connectivity index (χ3n) is 2.51. The van der Waals surface area contributed by atoms with E-state index >= 15 is 0 Å². The number of carbonyl (C=O) groups is 1. The lowest BCUT2D eigenvalue weighted by Gasteiger charge is -2.19.